The molecular weight excluding hydrogens is 276 g/mol. The Labute approximate surface area is 123 Å². The van der Waals surface area contributed by atoms with Crippen LogP contribution in [0.3, 0.4) is 0 Å². The van der Waals surface area contributed by atoms with Crippen molar-refractivity contribution in [2.24, 2.45) is 5.92 Å². The fourth-order valence-corrected chi connectivity index (χ4v) is 2.79. The Kier molecular flexibility index (Phi) is 6.51. The third kappa shape index (κ3) is 4.52. The molecular formula is C14H22N2O3S. The molecule has 3 N–H and O–H groups in total. The quantitative estimate of drug-likeness (QED) is 0.724. The highest BCUT2D eigenvalue weighted by Crippen LogP contribution is 2.16. The molecule has 5 nitrogen and oxygen atoms in total. The lowest BCUT2D eigenvalue weighted by atomic mass is 9.99. The molecule has 0 bridgehead atoms. The van der Waals surface area contributed by atoms with Crippen molar-refractivity contribution < 1.29 is 14.7 Å². The molecule has 0 aliphatic heterocycles. The van der Waals surface area contributed by atoms with Crippen molar-refractivity contribution in [3.05, 3.63) is 21.9 Å². The van der Waals surface area contributed by atoms with Crippen LogP contribution in [-0.2, 0) is 17.8 Å². The van der Waals surface area contributed by atoms with E-state index >= 15 is 0 Å². The van der Waals surface area contributed by atoms with Crippen molar-refractivity contribution in [3.63, 3.8) is 0 Å². The number of carbonyl (C=O) groups is 2. The first-order valence-electron chi connectivity index (χ1n) is 6.81. The lowest BCUT2D eigenvalue weighted by Crippen LogP contribution is -2.48. The molecule has 0 aliphatic rings. The average molecular weight is 298 g/mol. The first-order valence-corrected chi connectivity index (χ1v) is 7.69. The molecule has 0 aromatic carbocycles. The zero-order valence-corrected chi connectivity index (χ0v) is 12.9. The van der Waals surface area contributed by atoms with Crippen LogP contribution < -0.4 is 10.6 Å². The molecule has 1 rings (SSSR count). The Morgan fingerprint density at radius 2 is 2.10 bits per heavy atom. The third-order valence-electron chi connectivity index (χ3n) is 3.39. The topological polar surface area (TPSA) is 78.4 Å². The van der Waals surface area contributed by atoms with E-state index in [1.54, 1.807) is 11.3 Å². The number of hydrogen-bond acceptors (Lipinski definition) is 3. The third-order valence-corrected chi connectivity index (χ3v) is 4.36. The summed E-state index contributed by atoms with van der Waals surface area (Å²) in [4.78, 5) is 24.0. The fourth-order valence-electron chi connectivity index (χ4n) is 1.87. The standard InChI is InChI=1S/C14H22N2O3S/c1-4-9(3)12(13(17)18)16-14(19)15-8-11-10(5-2)6-7-20-11/h6-7,9,12H,4-5,8H2,1-3H3,(H,17,18)(H2,15,16,19). The number of urea groups is 1. The first-order chi connectivity index (χ1) is 9.49. The fraction of sp³-hybridized carbons (Fsp3) is 0.571. The zero-order chi connectivity index (χ0) is 15.1. The van der Waals surface area contributed by atoms with E-state index in [-0.39, 0.29) is 5.92 Å². The average Bonchev–Trinajstić information content (AvgIpc) is 2.88. The van der Waals surface area contributed by atoms with Crippen molar-refractivity contribution >= 4 is 23.3 Å². The number of aliphatic carboxylic acids is 1. The number of aryl methyl sites for hydroxylation is 1. The van der Waals surface area contributed by atoms with E-state index in [0.29, 0.717) is 13.0 Å². The van der Waals surface area contributed by atoms with E-state index in [1.165, 1.54) is 5.56 Å². The van der Waals surface area contributed by atoms with Crippen LogP contribution in [0.25, 0.3) is 0 Å². The van der Waals surface area contributed by atoms with Gasteiger partial charge in [0.2, 0.25) is 0 Å². The van der Waals surface area contributed by atoms with Crippen LogP contribution in [0.15, 0.2) is 11.4 Å². The second-order valence-electron chi connectivity index (χ2n) is 4.75. The molecule has 2 atom stereocenters. The molecule has 0 aliphatic carbocycles. The predicted octanol–water partition coefficient (Wildman–Crippen LogP) is 2.61. The van der Waals surface area contributed by atoms with Gasteiger partial charge in [0.05, 0.1) is 6.54 Å². The Morgan fingerprint density at radius 1 is 1.40 bits per heavy atom. The minimum Gasteiger partial charge on any atom is -0.480 e. The number of amides is 2. The maximum Gasteiger partial charge on any atom is 0.326 e. The molecule has 0 spiro atoms. The highest BCUT2D eigenvalue weighted by atomic mass is 32.1. The van der Waals surface area contributed by atoms with Gasteiger partial charge in [0.15, 0.2) is 0 Å². The van der Waals surface area contributed by atoms with Crippen molar-refractivity contribution in [1.82, 2.24) is 10.6 Å². The van der Waals surface area contributed by atoms with Gasteiger partial charge in [-0.2, -0.15) is 0 Å². The van der Waals surface area contributed by atoms with Crippen LogP contribution in [0.2, 0.25) is 0 Å². The van der Waals surface area contributed by atoms with E-state index in [0.717, 1.165) is 11.3 Å². The molecule has 0 saturated heterocycles. The van der Waals surface area contributed by atoms with Gasteiger partial charge in [-0.05, 0) is 29.3 Å². The van der Waals surface area contributed by atoms with Crippen LogP contribution >= 0.6 is 11.3 Å². The minimum atomic E-state index is -1.00. The smallest absolute Gasteiger partial charge is 0.326 e. The molecule has 2 unspecified atom stereocenters. The van der Waals surface area contributed by atoms with Gasteiger partial charge in [-0.15, -0.1) is 11.3 Å². The van der Waals surface area contributed by atoms with Gasteiger partial charge in [0.25, 0.3) is 0 Å². The summed E-state index contributed by atoms with van der Waals surface area (Å²) in [5.74, 6) is -1.11. The van der Waals surface area contributed by atoms with Crippen molar-refractivity contribution in [2.75, 3.05) is 0 Å². The summed E-state index contributed by atoms with van der Waals surface area (Å²) in [6, 6.07) is 0.751. The van der Waals surface area contributed by atoms with Gasteiger partial charge >= 0.3 is 12.0 Å². The lowest BCUT2D eigenvalue weighted by Gasteiger charge is -2.20. The minimum absolute atomic E-state index is 0.105. The molecule has 1 aromatic rings. The second-order valence-corrected chi connectivity index (χ2v) is 5.75. The monoisotopic (exact) mass is 298 g/mol. The molecule has 6 heteroatoms. The SMILES string of the molecule is CCc1ccsc1CNC(=O)NC(C(=O)O)C(C)CC. The van der Waals surface area contributed by atoms with E-state index in [4.69, 9.17) is 5.11 Å². The van der Waals surface area contributed by atoms with Crippen molar-refractivity contribution in [1.29, 1.82) is 0 Å². The Morgan fingerprint density at radius 3 is 2.65 bits per heavy atom. The molecule has 1 aromatic heterocycles. The number of carbonyl (C=O) groups excluding carboxylic acids is 1. The summed E-state index contributed by atoms with van der Waals surface area (Å²) < 4.78 is 0. The Hall–Kier alpha value is -1.56. The maximum absolute atomic E-state index is 11.8. The lowest BCUT2D eigenvalue weighted by molar-refractivity contribution is -0.140. The predicted molar refractivity (Wildman–Crippen MR) is 79.9 cm³/mol. The maximum atomic E-state index is 11.8. The van der Waals surface area contributed by atoms with Gasteiger partial charge in [-0.25, -0.2) is 9.59 Å². The molecule has 112 valence electrons. The number of rotatable bonds is 7. The van der Waals surface area contributed by atoms with Crippen LogP contribution in [0.5, 0.6) is 0 Å². The van der Waals surface area contributed by atoms with Gasteiger partial charge in [0, 0.05) is 4.88 Å². The summed E-state index contributed by atoms with van der Waals surface area (Å²) in [6.07, 6.45) is 1.62. The van der Waals surface area contributed by atoms with Gasteiger partial charge < -0.3 is 15.7 Å². The van der Waals surface area contributed by atoms with Crippen molar-refractivity contribution in [3.8, 4) is 0 Å². The van der Waals surface area contributed by atoms with E-state index < -0.39 is 18.0 Å². The summed E-state index contributed by atoms with van der Waals surface area (Å²) in [7, 11) is 0. The first kappa shape index (κ1) is 16.5. The number of thiophene rings is 1. The normalized spacial score (nSPS) is 13.6. The van der Waals surface area contributed by atoms with E-state index in [1.807, 2.05) is 25.3 Å². The number of nitrogens with one attached hydrogen (secondary N) is 2. The summed E-state index contributed by atoms with van der Waals surface area (Å²) in [5, 5.41) is 16.4. The van der Waals surface area contributed by atoms with Crippen LogP contribution in [0.1, 0.15) is 37.6 Å². The number of carboxylic acid groups (broad SMARTS) is 1. The van der Waals surface area contributed by atoms with E-state index in [9.17, 15) is 9.59 Å². The second kappa shape index (κ2) is 7.89. The largest absolute Gasteiger partial charge is 0.480 e. The highest BCUT2D eigenvalue weighted by Gasteiger charge is 2.25. The molecule has 0 fully saturated rings. The van der Waals surface area contributed by atoms with Gasteiger partial charge in [-0.3, -0.25) is 0 Å². The van der Waals surface area contributed by atoms with Crippen molar-refractivity contribution in [2.45, 2.75) is 46.2 Å². The number of hydrogen-bond donors (Lipinski definition) is 3. The molecule has 20 heavy (non-hydrogen) atoms. The summed E-state index contributed by atoms with van der Waals surface area (Å²) in [5.41, 5.74) is 1.21. The Balaban J connectivity index is 2.52. The van der Waals surface area contributed by atoms with Gasteiger partial charge in [-0.1, -0.05) is 27.2 Å². The highest BCUT2D eigenvalue weighted by molar-refractivity contribution is 7.10. The van der Waals surface area contributed by atoms with Crippen LogP contribution in [0.4, 0.5) is 4.79 Å². The van der Waals surface area contributed by atoms with Crippen LogP contribution in [0, 0.1) is 5.92 Å². The molecule has 1 heterocycles. The Bertz CT molecular complexity index is 459. The zero-order valence-electron chi connectivity index (χ0n) is 12.1. The van der Waals surface area contributed by atoms with Crippen LogP contribution in [-0.4, -0.2) is 23.1 Å². The number of carboxylic acids is 1. The molecule has 0 radical (unpaired) electrons. The summed E-state index contributed by atoms with van der Waals surface area (Å²) in [6.45, 7) is 6.21. The van der Waals surface area contributed by atoms with E-state index in [2.05, 4.69) is 17.6 Å². The molecule has 2 amide bonds. The molecule has 0 saturated carbocycles. The summed E-state index contributed by atoms with van der Waals surface area (Å²) >= 11 is 1.59. The van der Waals surface area contributed by atoms with Gasteiger partial charge in [0.1, 0.15) is 6.04 Å².